The Morgan fingerprint density at radius 3 is 2.62 bits per heavy atom. The molecule has 0 radical (unpaired) electrons. The molecule has 0 aliphatic rings. The number of nitrogens with one attached hydrogen (secondary N) is 1. The van der Waals surface area contributed by atoms with Crippen LogP contribution in [0.5, 0.6) is 5.75 Å². The third kappa shape index (κ3) is 3.05. The van der Waals surface area contributed by atoms with E-state index in [1.807, 2.05) is 42.1 Å². The minimum atomic E-state index is 0.293. The van der Waals surface area contributed by atoms with E-state index in [1.54, 1.807) is 18.3 Å². The number of anilines is 1. The number of aromatic nitrogens is 2. The van der Waals surface area contributed by atoms with Crippen molar-refractivity contribution in [3.05, 3.63) is 72.1 Å². The van der Waals surface area contributed by atoms with Gasteiger partial charge in [-0.15, -0.1) is 0 Å². The van der Waals surface area contributed by atoms with Crippen molar-refractivity contribution in [2.75, 3.05) is 5.32 Å². The molecule has 0 bridgehead atoms. The molecule has 3 aromatic rings. The first kappa shape index (κ1) is 13.2. The first-order valence-corrected chi connectivity index (χ1v) is 6.85. The maximum atomic E-state index is 9.41. The number of benzene rings is 2. The number of hydrogen-bond donors (Lipinski definition) is 2. The quantitative estimate of drug-likeness (QED) is 0.719. The van der Waals surface area contributed by atoms with E-state index in [1.165, 1.54) is 5.56 Å². The van der Waals surface area contributed by atoms with Gasteiger partial charge in [-0.05, 0) is 54.4 Å². The molecule has 0 saturated carbocycles. The number of hydrogen-bond acceptors (Lipinski definition) is 3. The average Bonchev–Trinajstić information content (AvgIpc) is 3.01. The topological polar surface area (TPSA) is 50.1 Å². The largest absolute Gasteiger partial charge is 0.508 e. The zero-order valence-electron chi connectivity index (χ0n) is 11.8. The second-order valence-corrected chi connectivity index (χ2v) is 4.97. The summed E-state index contributed by atoms with van der Waals surface area (Å²) in [6.07, 6.45) is 3.69. The van der Waals surface area contributed by atoms with Crippen molar-refractivity contribution in [3.8, 4) is 11.4 Å². The number of rotatable bonds is 4. The maximum Gasteiger partial charge on any atom is 0.115 e. The Balaban J connectivity index is 1.68. The van der Waals surface area contributed by atoms with E-state index in [9.17, 15) is 5.11 Å². The molecule has 0 spiro atoms. The first-order chi connectivity index (χ1) is 10.2. The number of aromatic hydroxyl groups is 1. The van der Waals surface area contributed by atoms with Gasteiger partial charge in [0.15, 0.2) is 0 Å². The van der Waals surface area contributed by atoms with Gasteiger partial charge in [0.25, 0.3) is 0 Å². The van der Waals surface area contributed by atoms with E-state index in [0.29, 0.717) is 5.75 Å². The minimum absolute atomic E-state index is 0.293. The molecule has 0 amide bonds. The lowest BCUT2D eigenvalue weighted by molar-refractivity contribution is 0.475. The second kappa shape index (κ2) is 5.71. The molecule has 0 aliphatic heterocycles. The van der Waals surface area contributed by atoms with E-state index in [0.717, 1.165) is 23.5 Å². The summed E-state index contributed by atoms with van der Waals surface area (Å²) in [5.74, 6) is 0.293. The summed E-state index contributed by atoms with van der Waals surface area (Å²) < 4.78 is 1.83. The molecular formula is C17H17N3O. The van der Waals surface area contributed by atoms with Gasteiger partial charge >= 0.3 is 0 Å². The van der Waals surface area contributed by atoms with Gasteiger partial charge in [0.2, 0.25) is 0 Å². The van der Waals surface area contributed by atoms with Crippen LogP contribution < -0.4 is 5.32 Å². The fourth-order valence-electron chi connectivity index (χ4n) is 2.23. The van der Waals surface area contributed by atoms with E-state index in [-0.39, 0.29) is 0 Å². The second-order valence-electron chi connectivity index (χ2n) is 4.97. The molecule has 106 valence electrons. The molecule has 2 N–H and O–H groups in total. The van der Waals surface area contributed by atoms with Gasteiger partial charge in [0.1, 0.15) is 5.75 Å². The fourth-order valence-corrected chi connectivity index (χ4v) is 2.23. The lowest BCUT2D eigenvalue weighted by atomic mass is 10.1. The summed E-state index contributed by atoms with van der Waals surface area (Å²) in [5, 5.41) is 17.0. The van der Waals surface area contributed by atoms with Crippen LogP contribution in [0.25, 0.3) is 5.69 Å². The average molecular weight is 279 g/mol. The molecular weight excluding hydrogens is 262 g/mol. The third-order valence-corrected chi connectivity index (χ3v) is 3.40. The zero-order valence-corrected chi connectivity index (χ0v) is 11.8. The lowest BCUT2D eigenvalue weighted by Crippen LogP contribution is -2.01. The van der Waals surface area contributed by atoms with Crippen molar-refractivity contribution in [2.45, 2.75) is 13.5 Å². The zero-order chi connectivity index (χ0) is 14.7. The molecule has 0 atom stereocenters. The van der Waals surface area contributed by atoms with Crippen LogP contribution >= 0.6 is 0 Å². The molecule has 0 aliphatic carbocycles. The van der Waals surface area contributed by atoms with Crippen molar-refractivity contribution >= 4 is 5.69 Å². The molecule has 2 aromatic carbocycles. The van der Waals surface area contributed by atoms with Crippen LogP contribution in [0.4, 0.5) is 5.69 Å². The van der Waals surface area contributed by atoms with Crippen LogP contribution in [0.15, 0.2) is 60.9 Å². The SMILES string of the molecule is Cc1cc(O)ccc1NCc1ccc(-n2cccn2)cc1. The van der Waals surface area contributed by atoms with Crippen LogP contribution in [0.3, 0.4) is 0 Å². The lowest BCUT2D eigenvalue weighted by Gasteiger charge is -2.10. The van der Waals surface area contributed by atoms with Gasteiger partial charge in [0, 0.05) is 24.6 Å². The van der Waals surface area contributed by atoms with Crippen LogP contribution in [0, 0.1) is 6.92 Å². The Bertz CT molecular complexity index is 718. The van der Waals surface area contributed by atoms with E-state index >= 15 is 0 Å². The van der Waals surface area contributed by atoms with Crippen LogP contribution in [0.1, 0.15) is 11.1 Å². The molecule has 21 heavy (non-hydrogen) atoms. The molecule has 0 fully saturated rings. The Labute approximate surface area is 123 Å². The highest BCUT2D eigenvalue weighted by Gasteiger charge is 2.00. The summed E-state index contributed by atoms with van der Waals surface area (Å²) in [7, 11) is 0. The van der Waals surface area contributed by atoms with Crippen molar-refractivity contribution in [3.63, 3.8) is 0 Å². The summed E-state index contributed by atoms with van der Waals surface area (Å²) in [6.45, 7) is 2.72. The predicted octanol–water partition coefficient (Wildman–Crippen LogP) is 3.50. The van der Waals surface area contributed by atoms with E-state index in [4.69, 9.17) is 0 Å². The van der Waals surface area contributed by atoms with Gasteiger partial charge < -0.3 is 10.4 Å². The van der Waals surface area contributed by atoms with Crippen molar-refractivity contribution in [1.29, 1.82) is 0 Å². The van der Waals surface area contributed by atoms with E-state index in [2.05, 4.69) is 22.5 Å². The highest BCUT2D eigenvalue weighted by atomic mass is 16.3. The number of phenols is 1. The first-order valence-electron chi connectivity index (χ1n) is 6.85. The monoisotopic (exact) mass is 279 g/mol. The highest BCUT2D eigenvalue weighted by molar-refractivity contribution is 5.53. The summed E-state index contributed by atoms with van der Waals surface area (Å²) in [4.78, 5) is 0. The summed E-state index contributed by atoms with van der Waals surface area (Å²) in [5.41, 5.74) is 4.30. The van der Waals surface area contributed by atoms with Crippen molar-refractivity contribution in [1.82, 2.24) is 9.78 Å². The van der Waals surface area contributed by atoms with Gasteiger partial charge in [-0.2, -0.15) is 5.10 Å². The highest BCUT2D eigenvalue weighted by Crippen LogP contribution is 2.21. The van der Waals surface area contributed by atoms with Crippen molar-refractivity contribution in [2.24, 2.45) is 0 Å². The third-order valence-electron chi connectivity index (χ3n) is 3.40. The smallest absolute Gasteiger partial charge is 0.115 e. The molecule has 4 nitrogen and oxygen atoms in total. The molecule has 4 heteroatoms. The van der Waals surface area contributed by atoms with Gasteiger partial charge in [0.05, 0.1) is 5.69 Å². The number of aryl methyl sites for hydroxylation is 1. The van der Waals surface area contributed by atoms with Crippen LogP contribution in [-0.2, 0) is 6.54 Å². The Morgan fingerprint density at radius 1 is 1.14 bits per heavy atom. The van der Waals surface area contributed by atoms with Gasteiger partial charge in [-0.1, -0.05) is 12.1 Å². The standard InChI is InChI=1S/C17H17N3O/c1-13-11-16(21)7-8-17(13)18-12-14-3-5-15(6-4-14)20-10-2-9-19-20/h2-11,18,21H,12H2,1H3. The molecule has 0 saturated heterocycles. The van der Waals surface area contributed by atoms with Gasteiger partial charge in [-0.3, -0.25) is 0 Å². The Morgan fingerprint density at radius 2 is 1.95 bits per heavy atom. The number of phenolic OH excluding ortho intramolecular Hbond substituents is 1. The van der Waals surface area contributed by atoms with E-state index < -0.39 is 0 Å². The number of nitrogens with zero attached hydrogens (tertiary/aromatic N) is 2. The summed E-state index contributed by atoms with van der Waals surface area (Å²) >= 11 is 0. The Hall–Kier alpha value is -2.75. The Kier molecular flexibility index (Phi) is 3.60. The molecule has 1 heterocycles. The molecule has 3 rings (SSSR count). The normalized spacial score (nSPS) is 10.5. The van der Waals surface area contributed by atoms with Crippen LogP contribution in [-0.4, -0.2) is 14.9 Å². The minimum Gasteiger partial charge on any atom is -0.508 e. The maximum absolute atomic E-state index is 9.41. The predicted molar refractivity (Wildman–Crippen MR) is 83.7 cm³/mol. The molecule has 0 unspecified atom stereocenters. The molecule has 1 aromatic heterocycles. The summed E-state index contributed by atoms with van der Waals surface area (Å²) in [6, 6.07) is 15.5. The fraction of sp³-hybridized carbons (Fsp3) is 0.118. The van der Waals surface area contributed by atoms with Crippen molar-refractivity contribution < 1.29 is 5.11 Å². The van der Waals surface area contributed by atoms with Gasteiger partial charge in [-0.25, -0.2) is 4.68 Å². The van der Waals surface area contributed by atoms with Crippen LogP contribution in [0.2, 0.25) is 0 Å².